The van der Waals surface area contributed by atoms with E-state index >= 15 is 0 Å². The Bertz CT molecular complexity index is 1280. The van der Waals surface area contributed by atoms with Crippen molar-refractivity contribution in [1.82, 2.24) is 9.97 Å². The van der Waals surface area contributed by atoms with E-state index in [1.54, 1.807) is 0 Å². The van der Waals surface area contributed by atoms with E-state index in [-0.39, 0.29) is 28.0 Å². The third-order valence-corrected chi connectivity index (χ3v) is 6.02. The number of phenolic OH excluding ortho intramolecular Hbond substituents is 1. The first-order valence-electron chi connectivity index (χ1n) is 9.86. The van der Waals surface area contributed by atoms with E-state index in [1.807, 2.05) is 0 Å². The van der Waals surface area contributed by atoms with Crippen LogP contribution in [0.5, 0.6) is 5.75 Å². The molecule has 0 fully saturated rings. The van der Waals surface area contributed by atoms with Gasteiger partial charge in [-0.3, -0.25) is 0 Å². The van der Waals surface area contributed by atoms with Crippen molar-refractivity contribution in [3.05, 3.63) is 58.8 Å². The van der Waals surface area contributed by atoms with Crippen molar-refractivity contribution < 1.29 is 36.6 Å². The number of hydrogen-bond acceptors (Lipinski definition) is 5. The molecule has 2 aromatic carbocycles. The number of anilines is 1. The Morgan fingerprint density at radius 3 is 2.42 bits per heavy atom. The highest BCUT2D eigenvalue weighted by Crippen LogP contribution is 2.56. The molecule has 0 unspecified atom stereocenters. The second-order valence-corrected chi connectivity index (χ2v) is 8.82. The summed E-state index contributed by atoms with van der Waals surface area (Å²) in [5.41, 5.74) is -6.04. The van der Waals surface area contributed by atoms with Gasteiger partial charge in [0, 0.05) is 28.9 Å². The number of nitrogens with zero attached hydrogens (tertiary/aromatic N) is 2. The molecule has 11 heteroatoms. The highest BCUT2D eigenvalue weighted by Gasteiger charge is 2.64. The fourth-order valence-electron chi connectivity index (χ4n) is 4.61. The predicted molar refractivity (Wildman–Crippen MR) is 107 cm³/mol. The zero-order chi connectivity index (χ0) is 24.5. The Hall–Kier alpha value is -3.08. The average Bonchev–Trinajstić information content (AvgIpc) is 2.69. The molecule has 3 N–H and O–H groups in total. The molecule has 0 amide bonds. The first-order valence-corrected chi connectivity index (χ1v) is 9.86. The fraction of sp³-hybridized carbons (Fsp3) is 0.364. The molecule has 0 radical (unpaired) electrons. The maximum absolute atomic E-state index is 14.3. The summed E-state index contributed by atoms with van der Waals surface area (Å²) in [5.74, 6) is -4.47. The smallest absolute Gasteiger partial charge is 0.419 e. The first kappa shape index (κ1) is 23.1. The normalized spacial score (nSPS) is 22.3. The standard InChI is InChI=1S/C22H19F6N3O2/c1-9-29-7-11-14(6-13(24)16(25)17(11)30-9)31-19-10-4-5-12(23)18(32)15(10)20(2,3)8-21(19,33)22(26,27)28/h4-7,19,31-33H,8H2,1-3H3/t19-,21+/m1/s1. The number of benzene rings is 2. The Labute approximate surface area is 184 Å². The number of nitrogens with one attached hydrogen (secondary N) is 1. The third kappa shape index (κ3) is 3.45. The molecule has 0 spiro atoms. The van der Waals surface area contributed by atoms with Gasteiger partial charge in [-0.2, -0.15) is 13.2 Å². The van der Waals surface area contributed by atoms with Crippen LogP contribution in [0.1, 0.15) is 43.3 Å². The lowest BCUT2D eigenvalue weighted by molar-refractivity contribution is -0.276. The molecule has 1 heterocycles. The molecule has 1 aliphatic rings. The van der Waals surface area contributed by atoms with Crippen LogP contribution >= 0.6 is 0 Å². The van der Waals surface area contributed by atoms with Crippen LogP contribution < -0.4 is 5.32 Å². The first-order chi connectivity index (χ1) is 15.2. The molecule has 0 aliphatic heterocycles. The molecule has 3 aromatic rings. The van der Waals surface area contributed by atoms with E-state index in [1.165, 1.54) is 20.8 Å². The number of aliphatic hydroxyl groups is 1. The van der Waals surface area contributed by atoms with Gasteiger partial charge in [0.1, 0.15) is 11.3 Å². The summed E-state index contributed by atoms with van der Waals surface area (Å²) >= 11 is 0. The Morgan fingerprint density at radius 2 is 1.79 bits per heavy atom. The largest absolute Gasteiger partial charge is 0.505 e. The lowest BCUT2D eigenvalue weighted by atomic mass is 9.63. The summed E-state index contributed by atoms with van der Waals surface area (Å²) in [4.78, 5) is 7.72. The van der Waals surface area contributed by atoms with Crippen molar-refractivity contribution in [2.45, 2.75) is 50.4 Å². The van der Waals surface area contributed by atoms with Crippen LogP contribution in [0.25, 0.3) is 10.9 Å². The average molecular weight is 471 g/mol. The van der Waals surface area contributed by atoms with Crippen LogP contribution in [0.4, 0.5) is 32.0 Å². The van der Waals surface area contributed by atoms with Crippen LogP contribution in [0.3, 0.4) is 0 Å². The van der Waals surface area contributed by atoms with Gasteiger partial charge in [0.15, 0.2) is 28.8 Å². The van der Waals surface area contributed by atoms with Gasteiger partial charge in [-0.05, 0) is 30.4 Å². The lowest BCUT2D eigenvalue weighted by Gasteiger charge is -2.49. The van der Waals surface area contributed by atoms with Crippen LogP contribution in [0, 0.1) is 24.4 Å². The number of phenols is 1. The van der Waals surface area contributed by atoms with Crippen molar-refractivity contribution in [3.8, 4) is 5.75 Å². The maximum atomic E-state index is 14.3. The summed E-state index contributed by atoms with van der Waals surface area (Å²) < 4.78 is 85.4. The van der Waals surface area contributed by atoms with E-state index in [9.17, 15) is 36.6 Å². The highest BCUT2D eigenvalue weighted by atomic mass is 19.4. The number of fused-ring (bicyclic) bond motifs is 2. The van der Waals surface area contributed by atoms with Crippen molar-refractivity contribution in [2.24, 2.45) is 0 Å². The van der Waals surface area contributed by atoms with Gasteiger partial charge in [-0.1, -0.05) is 19.9 Å². The number of alkyl halides is 3. The molecule has 33 heavy (non-hydrogen) atoms. The Morgan fingerprint density at radius 1 is 1.12 bits per heavy atom. The quantitative estimate of drug-likeness (QED) is 0.449. The topological polar surface area (TPSA) is 78.3 Å². The zero-order valence-corrected chi connectivity index (χ0v) is 17.7. The van der Waals surface area contributed by atoms with Crippen molar-refractivity contribution in [1.29, 1.82) is 0 Å². The molecule has 1 aliphatic carbocycles. The van der Waals surface area contributed by atoms with Gasteiger partial charge in [0.2, 0.25) is 0 Å². The van der Waals surface area contributed by atoms with Gasteiger partial charge < -0.3 is 15.5 Å². The summed E-state index contributed by atoms with van der Waals surface area (Å²) in [7, 11) is 0. The Balaban J connectivity index is 1.99. The second-order valence-electron chi connectivity index (χ2n) is 8.82. The zero-order valence-electron chi connectivity index (χ0n) is 17.7. The molecule has 0 saturated heterocycles. The number of rotatable bonds is 2. The second kappa shape index (κ2) is 7.21. The van der Waals surface area contributed by atoms with E-state index in [4.69, 9.17) is 0 Å². The van der Waals surface area contributed by atoms with Gasteiger partial charge >= 0.3 is 6.18 Å². The number of aryl methyl sites for hydroxylation is 1. The molecule has 176 valence electrons. The van der Waals surface area contributed by atoms with Gasteiger partial charge in [-0.25, -0.2) is 23.1 Å². The van der Waals surface area contributed by atoms with Crippen LogP contribution in [-0.4, -0.2) is 32.0 Å². The minimum atomic E-state index is -5.18. The predicted octanol–water partition coefficient (Wildman–Crippen LogP) is 5.19. The lowest BCUT2D eigenvalue weighted by Crippen LogP contribution is -2.58. The molecule has 0 saturated carbocycles. The number of aromatic nitrogens is 2. The van der Waals surface area contributed by atoms with Crippen LogP contribution in [-0.2, 0) is 5.41 Å². The van der Waals surface area contributed by atoms with E-state index in [0.717, 1.165) is 18.3 Å². The Kier molecular flexibility index (Phi) is 5.04. The van der Waals surface area contributed by atoms with E-state index in [2.05, 4.69) is 15.3 Å². The van der Waals surface area contributed by atoms with Gasteiger partial charge in [-0.15, -0.1) is 0 Å². The molecular formula is C22H19F6N3O2. The maximum Gasteiger partial charge on any atom is 0.419 e. The van der Waals surface area contributed by atoms with E-state index in [0.29, 0.717) is 6.07 Å². The summed E-state index contributed by atoms with van der Waals surface area (Å²) in [6.45, 7) is 4.10. The molecule has 0 bridgehead atoms. The summed E-state index contributed by atoms with van der Waals surface area (Å²) in [5, 5.41) is 23.6. The number of halogens is 6. The minimum absolute atomic E-state index is 0.106. The molecular weight excluding hydrogens is 452 g/mol. The van der Waals surface area contributed by atoms with Gasteiger partial charge in [0.25, 0.3) is 0 Å². The van der Waals surface area contributed by atoms with Gasteiger partial charge in [0.05, 0.1) is 6.04 Å². The SMILES string of the molecule is Cc1ncc2c(N[C@@H]3c4ccc(F)c(O)c4C(C)(C)C[C@@]3(O)C(F)(F)F)cc(F)c(F)c2n1. The molecule has 2 atom stereocenters. The summed E-state index contributed by atoms with van der Waals surface area (Å²) in [6.07, 6.45) is -5.00. The van der Waals surface area contributed by atoms with Crippen molar-refractivity contribution in [3.63, 3.8) is 0 Å². The number of hydrogen-bond donors (Lipinski definition) is 3. The number of aromatic hydroxyl groups is 1. The van der Waals surface area contributed by atoms with Crippen LogP contribution in [0.2, 0.25) is 0 Å². The minimum Gasteiger partial charge on any atom is -0.505 e. The molecule has 1 aromatic heterocycles. The fourth-order valence-corrected chi connectivity index (χ4v) is 4.61. The molecule has 5 nitrogen and oxygen atoms in total. The summed E-state index contributed by atoms with van der Waals surface area (Å²) in [6, 6.07) is 0.427. The van der Waals surface area contributed by atoms with Crippen molar-refractivity contribution in [2.75, 3.05) is 5.32 Å². The van der Waals surface area contributed by atoms with E-state index < -0.39 is 58.4 Å². The van der Waals surface area contributed by atoms with Crippen LogP contribution in [0.15, 0.2) is 24.4 Å². The van der Waals surface area contributed by atoms with Crippen molar-refractivity contribution >= 4 is 16.6 Å². The highest BCUT2D eigenvalue weighted by molar-refractivity contribution is 5.91. The third-order valence-electron chi connectivity index (χ3n) is 6.02. The molecule has 4 rings (SSSR count). The monoisotopic (exact) mass is 471 g/mol.